The van der Waals surface area contributed by atoms with Crippen molar-refractivity contribution in [2.75, 3.05) is 5.73 Å². The molecule has 0 atom stereocenters. The molecule has 0 aliphatic rings. The molecular weight excluding hydrogens is 298 g/mol. The number of nitrogens with zero attached hydrogens (tertiary/aromatic N) is 1. The van der Waals surface area contributed by atoms with E-state index in [9.17, 15) is 8.78 Å². The maximum atomic E-state index is 13.4. The van der Waals surface area contributed by atoms with Gasteiger partial charge in [0, 0.05) is 11.1 Å². The predicted octanol–water partition coefficient (Wildman–Crippen LogP) is 4.52. The predicted molar refractivity (Wildman–Crippen MR) is 76.7 cm³/mol. The highest BCUT2D eigenvalue weighted by molar-refractivity contribution is 6.33. The molecule has 0 aliphatic heterocycles. The molecule has 0 saturated heterocycles. The standard InChI is InChI=1S/C15H9ClF2N2O/c16-12-7-10(18)4-5-11(12)13-14(20-21-15(13)19)8-2-1-3-9(17)6-8/h1-7H,19H2. The van der Waals surface area contributed by atoms with E-state index in [-0.39, 0.29) is 10.9 Å². The van der Waals surface area contributed by atoms with Gasteiger partial charge in [0.25, 0.3) is 0 Å². The summed E-state index contributed by atoms with van der Waals surface area (Å²) in [6.07, 6.45) is 0. The maximum absolute atomic E-state index is 13.4. The molecule has 2 aromatic carbocycles. The number of anilines is 1. The van der Waals surface area contributed by atoms with Crippen LogP contribution in [0, 0.1) is 11.6 Å². The van der Waals surface area contributed by atoms with Crippen molar-refractivity contribution >= 4 is 17.5 Å². The summed E-state index contributed by atoms with van der Waals surface area (Å²) in [5.74, 6) is -0.848. The fourth-order valence-electron chi connectivity index (χ4n) is 2.09. The first-order chi connectivity index (χ1) is 10.1. The Hall–Kier alpha value is -2.40. The number of hydrogen-bond donors (Lipinski definition) is 1. The van der Waals surface area contributed by atoms with E-state index < -0.39 is 11.6 Å². The van der Waals surface area contributed by atoms with Gasteiger partial charge in [-0.25, -0.2) is 8.78 Å². The Morgan fingerprint density at radius 3 is 2.52 bits per heavy atom. The van der Waals surface area contributed by atoms with Crippen LogP contribution < -0.4 is 5.73 Å². The number of nitrogens with two attached hydrogens (primary N) is 1. The van der Waals surface area contributed by atoms with Gasteiger partial charge in [-0.3, -0.25) is 0 Å². The summed E-state index contributed by atoms with van der Waals surface area (Å²) in [7, 11) is 0. The van der Waals surface area contributed by atoms with Gasteiger partial charge in [0.1, 0.15) is 17.3 Å². The van der Waals surface area contributed by atoms with E-state index in [1.165, 1.54) is 30.3 Å². The molecule has 0 spiro atoms. The molecule has 6 heteroatoms. The van der Waals surface area contributed by atoms with Crippen LogP contribution in [0.1, 0.15) is 0 Å². The summed E-state index contributed by atoms with van der Waals surface area (Å²) in [5, 5.41) is 4.02. The van der Waals surface area contributed by atoms with Crippen molar-refractivity contribution in [3.63, 3.8) is 0 Å². The summed E-state index contributed by atoms with van der Waals surface area (Å²) in [5.41, 5.74) is 7.50. The molecule has 3 aromatic rings. The lowest BCUT2D eigenvalue weighted by Crippen LogP contribution is -1.90. The molecule has 3 nitrogen and oxygen atoms in total. The fraction of sp³-hybridized carbons (Fsp3) is 0. The van der Waals surface area contributed by atoms with Crippen LogP contribution in [0.5, 0.6) is 0 Å². The first-order valence-corrected chi connectivity index (χ1v) is 6.40. The van der Waals surface area contributed by atoms with Crippen LogP contribution in [0.3, 0.4) is 0 Å². The lowest BCUT2D eigenvalue weighted by atomic mass is 10.0. The number of aromatic nitrogens is 1. The zero-order valence-corrected chi connectivity index (χ0v) is 11.4. The molecule has 1 heterocycles. The Balaban J connectivity index is 2.22. The quantitative estimate of drug-likeness (QED) is 0.757. The smallest absolute Gasteiger partial charge is 0.230 e. The summed E-state index contributed by atoms with van der Waals surface area (Å²) < 4.78 is 31.5. The van der Waals surface area contributed by atoms with E-state index in [0.29, 0.717) is 22.4 Å². The van der Waals surface area contributed by atoms with E-state index >= 15 is 0 Å². The van der Waals surface area contributed by atoms with Crippen LogP contribution in [0.4, 0.5) is 14.7 Å². The van der Waals surface area contributed by atoms with Gasteiger partial charge >= 0.3 is 0 Å². The van der Waals surface area contributed by atoms with Gasteiger partial charge in [-0.15, -0.1) is 0 Å². The fourth-order valence-corrected chi connectivity index (χ4v) is 2.35. The minimum atomic E-state index is -0.467. The zero-order valence-electron chi connectivity index (χ0n) is 10.6. The van der Waals surface area contributed by atoms with Crippen LogP contribution in [0.25, 0.3) is 22.4 Å². The molecule has 3 rings (SSSR count). The van der Waals surface area contributed by atoms with E-state index in [4.69, 9.17) is 21.9 Å². The van der Waals surface area contributed by atoms with Crippen LogP contribution in [-0.4, -0.2) is 5.16 Å². The van der Waals surface area contributed by atoms with Crippen molar-refractivity contribution in [2.24, 2.45) is 0 Å². The molecule has 0 bridgehead atoms. The van der Waals surface area contributed by atoms with E-state index in [2.05, 4.69) is 5.16 Å². The van der Waals surface area contributed by atoms with Crippen molar-refractivity contribution in [3.8, 4) is 22.4 Å². The molecule has 21 heavy (non-hydrogen) atoms. The van der Waals surface area contributed by atoms with Crippen molar-refractivity contribution in [3.05, 3.63) is 59.1 Å². The van der Waals surface area contributed by atoms with Gasteiger partial charge in [0.05, 0.1) is 10.6 Å². The Morgan fingerprint density at radius 2 is 1.81 bits per heavy atom. The Bertz CT molecular complexity index is 817. The van der Waals surface area contributed by atoms with Gasteiger partial charge in [-0.1, -0.05) is 28.9 Å². The molecular formula is C15H9ClF2N2O. The van der Waals surface area contributed by atoms with Gasteiger partial charge < -0.3 is 10.3 Å². The molecule has 0 radical (unpaired) electrons. The first-order valence-electron chi connectivity index (χ1n) is 6.03. The summed E-state index contributed by atoms with van der Waals surface area (Å²) in [4.78, 5) is 0. The number of halogens is 3. The number of rotatable bonds is 2. The second-order valence-corrected chi connectivity index (χ2v) is 4.81. The van der Waals surface area contributed by atoms with Crippen LogP contribution in [-0.2, 0) is 0 Å². The molecule has 0 aliphatic carbocycles. The lowest BCUT2D eigenvalue weighted by Gasteiger charge is -2.05. The van der Waals surface area contributed by atoms with Crippen LogP contribution >= 0.6 is 11.6 Å². The molecule has 1 aromatic heterocycles. The third kappa shape index (κ3) is 2.48. The minimum absolute atomic E-state index is 0.0303. The average Bonchev–Trinajstić information content (AvgIpc) is 2.81. The van der Waals surface area contributed by atoms with Gasteiger partial charge in [0.2, 0.25) is 5.88 Å². The highest BCUT2D eigenvalue weighted by Gasteiger charge is 2.20. The monoisotopic (exact) mass is 306 g/mol. The van der Waals surface area contributed by atoms with Crippen LogP contribution in [0.2, 0.25) is 5.02 Å². The molecule has 2 N–H and O–H groups in total. The van der Waals surface area contributed by atoms with Gasteiger partial charge in [0.15, 0.2) is 0 Å². The zero-order chi connectivity index (χ0) is 15.0. The minimum Gasteiger partial charge on any atom is -0.367 e. The van der Waals surface area contributed by atoms with Crippen molar-refractivity contribution < 1.29 is 13.3 Å². The Morgan fingerprint density at radius 1 is 1.05 bits per heavy atom. The maximum Gasteiger partial charge on any atom is 0.230 e. The molecule has 0 amide bonds. The van der Waals surface area contributed by atoms with Gasteiger partial charge in [-0.05, 0) is 30.3 Å². The van der Waals surface area contributed by atoms with Crippen LogP contribution in [0.15, 0.2) is 47.0 Å². The third-order valence-electron chi connectivity index (χ3n) is 3.02. The lowest BCUT2D eigenvalue weighted by molar-refractivity contribution is 0.439. The highest BCUT2D eigenvalue weighted by Crippen LogP contribution is 2.39. The second-order valence-electron chi connectivity index (χ2n) is 4.40. The van der Waals surface area contributed by atoms with E-state index in [1.807, 2.05) is 0 Å². The van der Waals surface area contributed by atoms with Crippen molar-refractivity contribution in [1.29, 1.82) is 0 Å². The summed E-state index contributed by atoms with van der Waals surface area (Å²) >= 11 is 6.04. The van der Waals surface area contributed by atoms with E-state index in [0.717, 1.165) is 0 Å². The van der Waals surface area contributed by atoms with Crippen molar-refractivity contribution in [1.82, 2.24) is 5.16 Å². The Labute approximate surface area is 123 Å². The first kappa shape index (κ1) is 13.6. The normalized spacial score (nSPS) is 10.8. The third-order valence-corrected chi connectivity index (χ3v) is 3.33. The van der Waals surface area contributed by atoms with Gasteiger partial charge in [-0.2, -0.15) is 0 Å². The largest absolute Gasteiger partial charge is 0.367 e. The molecule has 0 unspecified atom stereocenters. The number of benzene rings is 2. The highest BCUT2D eigenvalue weighted by atomic mass is 35.5. The SMILES string of the molecule is Nc1onc(-c2cccc(F)c2)c1-c1ccc(F)cc1Cl. The topological polar surface area (TPSA) is 52.0 Å². The molecule has 0 saturated carbocycles. The number of nitrogen functional groups attached to an aromatic ring is 1. The Kier molecular flexibility index (Phi) is 3.35. The van der Waals surface area contributed by atoms with E-state index in [1.54, 1.807) is 12.1 Å². The summed E-state index contributed by atoms with van der Waals surface area (Å²) in [6.45, 7) is 0. The summed E-state index contributed by atoms with van der Waals surface area (Å²) in [6, 6.07) is 9.73. The van der Waals surface area contributed by atoms with Crippen molar-refractivity contribution in [2.45, 2.75) is 0 Å². The second kappa shape index (κ2) is 5.18. The molecule has 106 valence electrons. The molecule has 0 fully saturated rings. The average molecular weight is 307 g/mol. The number of hydrogen-bond acceptors (Lipinski definition) is 3.